The maximum absolute atomic E-state index is 13.5. The van der Waals surface area contributed by atoms with E-state index in [1.807, 2.05) is 0 Å². The third-order valence-corrected chi connectivity index (χ3v) is 3.81. The van der Waals surface area contributed by atoms with E-state index in [2.05, 4.69) is 4.90 Å². The molecule has 1 fully saturated rings. The molecule has 1 aromatic rings. The Morgan fingerprint density at radius 1 is 1.33 bits per heavy atom. The number of ether oxygens (including phenoxy) is 1. The van der Waals surface area contributed by atoms with E-state index in [-0.39, 0.29) is 24.1 Å². The molecule has 0 aromatic heterocycles. The number of hydrogen-bond acceptors (Lipinski definition) is 4. The van der Waals surface area contributed by atoms with Gasteiger partial charge in [0.2, 0.25) is 0 Å². The van der Waals surface area contributed by atoms with Gasteiger partial charge in [0.05, 0.1) is 24.9 Å². The third-order valence-electron chi connectivity index (χ3n) is 3.81. The highest BCUT2D eigenvalue weighted by Crippen LogP contribution is 2.15. The Morgan fingerprint density at radius 2 is 2.05 bits per heavy atom. The Balaban J connectivity index is 1.72. The summed E-state index contributed by atoms with van der Waals surface area (Å²) in [4.78, 5) is 14.2. The van der Waals surface area contributed by atoms with Gasteiger partial charge in [-0.25, -0.2) is 4.39 Å². The van der Waals surface area contributed by atoms with E-state index in [9.17, 15) is 9.18 Å². The van der Waals surface area contributed by atoms with Crippen LogP contribution in [0.2, 0.25) is 0 Å². The fourth-order valence-electron chi connectivity index (χ4n) is 2.60. The van der Waals surface area contributed by atoms with Crippen LogP contribution in [0.3, 0.4) is 0 Å². The van der Waals surface area contributed by atoms with Gasteiger partial charge >= 0.3 is 0 Å². The van der Waals surface area contributed by atoms with Crippen molar-refractivity contribution in [3.63, 3.8) is 0 Å². The topological polar surface area (TPSA) is 49.8 Å². The summed E-state index contributed by atoms with van der Waals surface area (Å²) >= 11 is 0. The molecule has 4 nitrogen and oxygen atoms in total. The molecule has 0 amide bonds. The van der Waals surface area contributed by atoms with Crippen LogP contribution in [-0.4, -0.2) is 54.7 Å². The number of halogens is 1. The first kappa shape index (κ1) is 16.1. The predicted octanol–water partition coefficient (Wildman–Crippen LogP) is 1.87. The quantitative estimate of drug-likeness (QED) is 0.780. The molecular weight excluding hydrogens is 273 g/mol. The van der Waals surface area contributed by atoms with Crippen LogP contribution < -0.4 is 0 Å². The zero-order valence-corrected chi connectivity index (χ0v) is 12.1. The molecule has 116 valence electrons. The lowest BCUT2D eigenvalue weighted by Gasteiger charge is -2.31. The first-order valence-corrected chi connectivity index (χ1v) is 7.43. The fourth-order valence-corrected chi connectivity index (χ4v) is 2.60. The van der Waals surface area contributed by atoms with Crippen molar-refractivity contribution in [1.29, 1.82) is 0 Å². The van der Waals surface area contributed by atoms with Crippen molar-refractivity contribution >= 4 is 5.78 Å². The molecule has 1 heterocycles. The Labute approximate surface area is 124 Å². The predicted molar refractivity (Wildman–Crippen MR) is 77.8 cm³/mol. The SMILES string of the molecule is O=C(CCN1CCC(OCCO)CC1)c1ccccc1F. The van der Waals surface area contributed by atoms with Crippen LogP contribution >= 0.6 is 0 Å². The van der Waals surface area contributed by atoms with Crippen molar-refractivity contribution in [3.8, 4) is 0 Å². The zero-order chi connectivity index (χ0) is 15.1. The van der Waals surface area contributed by atoms with Crippen molar-refractivity contribution in [2.75, 3.05) is 32.8 Å². The van der Waals surface area contributed by atoms with Crippen molar-refractivity contribution in [2.45, 2.75) is 25.4 Å². The molecule has 0 aliphatic carbocycles. The molecule has 0 bridgehead atoms. The van der Waals surface area contributed by atoms with Crippen LogP contribution in [0.1, 0.15) is 29.6 Å². The normalized spacial score (nSPS) is 17.0. The van der Waals surface area contributed by atoms with Crippen molar-refractivity contribution < 1.29 is 19.0 Å². The van der Waals surface area contributed by atoms with Gasteiger partial charge < -0.3 is 14.7 Å². The average molecular weight is 295 g/mol. The van der Waals surface area contributed by atoms with Gasteiger partial charge in [0.1, 0.15) is 5.82 Å². The summed E-state index contributed by atoms with van der Waals surface area (Å²) in [5.41, 5.74) is 0.179. The summed E-state index contributed by atoms with van der Waals surface area (Å²) in [5, 5.41) is 8.72. The number of ketones is 1. The minimum absolute atomic E-state index is 0.0529. The molecule has 2 rings (SSSR count). The molecule has 21 heavy (non-hydrogen) atoms. The summed E-state index contributed by atoms with van der Waals surface area (Å²) in [7, 11) is 0. The van der Waals surface area contributed by atoms with Crippen LogP contribution in [0.15, 0.2) is 24.3 Å². The highest BCUT2D eigenvalue weighted by molar-refractivity contribution is 5.96. The van der Waals surface area contributed by atoms with E-state index in [0.717, 1.165) is 25.9 Å². The van der Waals surface area contributed by atoms with Crippen LogP contribution in [0.4, 0.5) is 4.39 Å². The van der Waals surface area contributed by atoms with E-state index in [1.165, 1.54) is 12.1 Å². The van der Waals surface area contributed by atoms with Gasteiger partial charge in [-0.2, -0.15) is 0 Å². The molecule has 0 atom stereocenters. The van der Waals surface area contributed by atoms with Gasteiger partial charge in [-0.3, -0.25) is 4.79 Å². The smallest absolute Gasteiger partial charge is 0.167 e. The molecule has 1 aliphatic rings. The number of hydrogen-bond donors (Lipinski definition) is 1. The lowest BCUT2D eigenvalue weighted by atomic mass is 10.0. The number of benzene rings is 1. The number of aliphatic hydroxyl groups excluding tert-OH is 1. The number of Topliss-reactive ketones (excluding diaryl/α,β-unsaturated/α-hetero) is 1. The molecule has 0 unspecified atom stereocenters. The first-order valence-electron chi connectivity index (χ1n) is 7.43. The molecular formula is C16H22FNO3. The van der Waals surface area contributed by atoms with Crippen LogP contribution in [-0.2, 0) is 4.74 Å². The van der Waals surface area contributed by atoms with Crippen LogP contribution in [0.5, 0.6) is 0 Å². The maximum Gasteiger partial charge on any atom is 0.167 e. The number of piperidine rings is 1. The number of nitrogens with zero attached hydrogens (tertiary/aromatic N) is 1. The van der Waals surface area contributed by atoms with Gasteiger partial charge in [-0.05, 0) is 25.0 Å². The molecule has 1 saturated heterocycles. The monoisotopic (exact) mass is 295 g/mol. The summed E-state index contributed by atoms with van der Waals surface area (Å²) in [6, 6.07) is 6.12. The number of likely N-dealkylation sites (tertiary alicyclic amines) is 1. The standard InChI is InChI=1S/C16H22FNO3/c17-15-4-2-1-3-14(15)16(20)7-10-18-8-5-13(6-9-18)21-12-11-19/h1-4,13,19H,5-12H2. The first-order chi connectivity index (χ1) is 10.2. The molecule has 0 saturated carbocycles. The van der Waals surface area contributed by atoms with E-state index in [4.69, 9.17) is 9.84 Å². The summed E-state index contributed by atoms with van der Waals surface area (Å²) in [5.74, 6) is -0.592. The minimum atomic E-state index is -0.446. The van der Waals surface area contributed by atoms with E-state index >= 15 is 0 Å². The molecule has 5 heteroatoms. The highest BCUT2D eigenvalue weighted by Gasteiger charge is 2.20. The Hall–Kier alpha value is -1.30. The van der Waals surface area contributed by atoms with Crippen LogP contribution in [0, 0.1) is 5.82 Å². The second-order valence-electron chi connectivity index (χ2n) is 5.29. The largest absolute Gasteiger partial charge is 0.394 e. The van der Waals surface area contributed by atoms with Gasteiger partial charge in [-0.1, -0.05) is 12.1 Å². The van der Waals surface area contributed by atoms with Crippen molar-refractivity contribution in [3.05, 3.63) is 35.6 Å². The minimum Gasteiger partial charge on any atom is -0.394 e. The Kier molecular flexibility index (Phi) is 6.29. The van der Waals surface area contributed by atoms with Gasteiger partial charge in [-0.15, -0.1) is 0 Å². The lowest BCUT2D eigenvalue weighted by Crippen LogP contribution is -2.38. The number of rotatable bonds is 7. The number of carbonyl (C=O) groups is 1. The number of aliphatic hydroxyl groups is 1. The van der Waals surface area contributed by atoms with Gasteiger partial charge in [0.25, 0.3) is 0 Å². The maximum atomic E-state index is 13.5. The van der Waals surface area contributed by atoms with Gasteiger partial charge in [0.15, 0.2) is 5.78 Å². The lowest BCUT2D eigenvalue weighted by molar-refractivity contribution is -0.00760. The zero-order valence-electron chi connectivity index (χ0n) is 12.1. The average Bonchev–Trinajstić information content (AvgIpc) is 2.52. The fraction of sp³-hybridized carbons (Fsp3) is 0.562. The summed E-state index contributed by atoms with van der Waals surface area (Å²) in [6.07, 6.45) is 2.36. The van der Waals surface area contributed by atoms with E-state index in [1.54, 1.807) is 12.1 Å². The summed E-state index contributed by atoms with van der Waals surface area (Å²) in [6.45, 7) is 2.84. The molecule has 0 radical (unpaired) electrons. The second kappa shape index (κ2) is 8.22. The van der Waals surface area contributed by atoms with Crippen molar-refractivity contribution in [1.82, 2.24) is 4.90 Å². The molecule has 1 aromatic carbocycles. The van der Waals surface area contributed by atoms with E-state index < -0.39 is 5.82 Å². The van der Waals surface area contributed by atoms with E-state index in [0.29, 0.717) is 19.6 Å². The molecule has 1 N–H and O–H groups in total. The highest BCUT2D eigenvalue weighted by atomic mass is 19.1. The molecule has 1 aliphatic heterocycles. The third kappa shape index (κ3) is 4.88. The second-order valence-corrected chi connectivity index (χ2v) is 5.29. The van der Waals surface area contributed by atoms with Gasteiger partial charge in [0, 0.05) is 26.1 Å². The Morgan fingerprint density at radius 3 is 2.71 bits per heavy atom. The molecule has 0 spiro atoms. The van der Waals surface area contributed by atoms with Crippen LogP contribution in [0.25, 0.3) is 0 Å². The summed E-state index contributed by atoms with van der Waals surface area (Å²) < 4.78 is 19.0. The Bertz CT molecular complexity index is 459. The van der Waals surface area contributed by atoms with Crippen molar-refractivity contribution in [2.24, 2.45) is 0 Å². The number of carbonyl (C=O) groups excluding carboxylic acids is 1.